The van der Waals surface area contributed by atoms with Gasteiger partial charge in [-0.25, -0.2) is 0 Å². The molecule has 16 heavy (non-hydrogen) atoms. The zero-order chi connectivity index (χ0) is 11.7. The molecular formula is C13H16O3. The highest BCUT2D eigenvalue weighted by atomic mass is 16.5. The first-order valence-electron chi connectivity index (χ1n) is 5.52. The van der Waals surface area contributed by atoms with Crippen molar-refractivity contribution >= 4 is 5.97 Å². The average molecular weight is 220 g/mol. The van der Waals surface area contributed by atoms with E-state index in [4.69, 9.17) is 9.84 Å². The predicted molar refractivity (Wildman–Crippen MR) is 60.4 cm³/mol. The maximum absolute atomic E-state index is 11.1. The molecule has 3 heteroatoms. The van der Waals surface area contributed by atoms with Crippen LogP contribution in [-0.4, -0.2) is 17.7 Å². The van der Waals surface area contributed by atoms with Crippen LogP contribution in [0, 0.1) is 19.8 Å². The van der Waals surface area contributed by atoms with E-state index in [1.165, 1.54) is 0 Å². The number of ether oxygens (including phenoxy) is 1. The van der Waals surface area contributed by atoms with Crippen LogP contribution in [0.3, 0.4) is 0 Å². The Bertz CT molecular complexity index is 391. The van der Waals surface area contributed by atoms with Crippen LogP contribution in [0.1, 0.15) is 29.2 Å². The van der Waals surface area contributed by atoms with Gasteiger partial charge >= 0.3 is 5.97 Å². The van der Waals surface area contributed by atoms with Gasteiger partial charge in [-0.3, -0.25) is 4.79 Å². The molecule has 1 aliphatic heterocycles. The summed E-state index contributed by atoms with van der Waals surface area (Å²) in [5, 5.41) is 9.15. The minimum absolute atomic E-state index is 0.279. The number of hydrogen-bond donors (Lipinski definition) is 1. The minimum atomic E-state index is -0.759. The summed E-state index contributed by atoms with van der Waals surface area (Å²) in [7, 11) is 0. The van der Waals surface area contributed by atoms with Crippen LogP contribution in [0.5, 0.6) is 0 Å². The molecule has 1 aromatic rings. The van der Waals surface area contributed by atoms with Crippen molar-refractivity contribution in [2.45, 2.75) is 26.4 Å². The lowest BCUT2D eigenvalue weighted by Gasteiger charge is -2.19. The molecule has 1 aliphatic rings. The molecular weight excluding hydrogens is 204 g/mol. The Morgan fingerprint density at radius 3 is 2.56 bits per heavy atom. The predicted octanol–water partition coefficient (Wildman–Crippen LogP) is 2.47. The van der Waals surface area contributed by atoms with Crippen molar-refractivity contribution in [3.05, 3.63) is 34.9 Å². The summed E-state index contributed by atoms with van der Waals surface area (Å²) in [6.07, 6.45) is 0.326. The molecule has 1 aromatic carbocycles. The van der Waals surface area contributed by atoms with Crippen LogP contribution in [0.25, 0.3) is 0 Å². The molecule has 0 spiro atoms. The van der Waals surface area contributed by atoms with E-state index in [-0.39, 0.29) is 6.10 Å². The maximum atomic E-state index is 11.1. The van der Waals surface area contributed by atoms with Gasteiger partial charge in [0.2, 0.25) is 0 Å². The Labute approximate surface area is 95.0 Å². The first kappa shape index (κ1) is 11.1. The number of aryl methyl sites for hydroxylation is 2. The van der Waals surface area contributed by atoms with Gasteiger partial charge in [-0.05, 0) is 37.0 Å². The molecule has 0 aliphatic carbocycles. The van der Waals surface area contributed by atoms with Gasteiger partial charge in [-0.1, -0.05) is 18.2 Å². The van der Waals surface area contributed by atoms with Crippen molar-refractivity contribution < 1.29 is 14.6 Å². The third-order valence-corrected chi connectivity index (χ3v) is 3.24. The molecule has 0 bridgehead atoms. The summed E-state index contributed by atoms with van der Waals surface area (Å²) in [5.74, 6) is -1.16. The molecule has 2 rings (SSSR count). The topological polar surface area (TPSA) is 46.5 Å². The molecule has 3 nitrogen and oxygen atoms in total. The smallest absolute Gasteiger partial charge is 0.309 e. The van der Waals surface area contributed by atoms with E-state index in [0.29, 0.717) is 13.0 Å². The van der Waals surface area contributed by atoms with Gasteiger partial charge in [-0.15, -0.1) is 0 Å². The third kappa shape index (κ3) is 1.83. The molecule has 1 saturated heterocycles. The Hall–Kier alpha value is -1.35. The van der Waals surface area contributed by atoms with Crippen LogP contribution < -0.4 is 0 Å². The van der Waals surface area contributed by atoms with Gasteiger partial charge in [0.25, 0.3) is 0 Å². The van der Waals surface area contributed by atoms with E-state index >= 15 is 0 Å². The van der Waals surface area contributed by atoms with Crippen LogP contribution in [-0.2, 0) is 9.53 Å². The lowest BCUT2D eigenvalue weighted by molar-refractivity contribution is -0.143. The normalized spacial score (nSPS) is 24.6. The Morgan fingerprint density at radius 1 is 1.38 bits per heavy atom. The van der Waals surface area contributed by atoms with Crippen molar-refractivity contribution in [3.63, 3.8) is 0 Å². The van der Waals surface area contributed by atoms with Crippen LogP contribution in [0.2, 0.25) is 0 Å². The zero-order valence-electron chi connectivity index (χ0n) is 9.56. The van der Waals surface area contributed by atoms with Crippen LogP contribution in [0.4, 0.5) is 0 Å². The summed E-state index contributed by atoms with van der Waals surface area (Å²) < 4.78 is 5.59. The molecule has 2 unspecified atom stereocenters. The highest BCUT2D eigenvalue weighted by Gasteiger charge is 2.36. The van der Waals surface area contributed by atoms with E-state index in [9.17, 15) is 4.79 Å². The molecule has 0 saturated carbocycles. The number of carbonyl (C=O) groups is 1. The van der Waals surface area contributed by atoms with E-state index in [1.807, 2.05) is 32.0 Å². The standard InChI is InChI=1S/C13H16O3/c1-8-4-3-5-9(2)11(8)12-10(13(14)15)6-7-16-12/h3-5,10,12H,6-7H2,1-2H3,(H,14,15). The summed E-state index contributed by atoms with van der Waals surface area (Å²) >= 11 is 0. The minimum Gasteiger partial charge on any atom is -0.481 e. The number of hydrogen-bond acceptors (Lipinski definition) is 2. The number of carboxylic acids is 1. The molecule has 0 aromatic heterocycles. The highest BCUT2D eigenvalue weighted by Crippen LogP contribution is 2.37. The van der Waals surface area contributed by atoms with Gasteiger partial charge in [0, 0.05) is 6.61 Å². The fourth-order valence-electron chi connectivity index (χ4n) is 2.40. The number of carboxylic acid groups (broad SMARTS) is 1. The second kappa shape index (κ2) is 4.26. The van der Waals surface area contributed by atoms with Gasteiger partial charge in [0.15, 0.2) is 0 Å². The fraction of sp³-hybridized carbons (Fsp3) is 0.462. The first-order valence-corrected chi connectivity index (χ1v) is 5.52. The van der Waals surface area contributed by atoms with Gasteiger partial charge in [-0.2, -0.15) is 0 Å². The molecule has 0 amide bonds. The number of aliphatic carboxylic acids is 1. The number of benzene rings is 1. The van der Waals surface area contributed by atoms with Crippen molar-refractivity contribution in [3.8, 4) is 0 Å². The van der Waals surface area contributed by atoms with Crippen molar-refractivity contribution in [2.75, 3.05) is 6.61 Å². The quantitative estimate of drug-likeness (QED) is 0.832. The van der Waals surface area contributed by atoms with Gasteiger partial charge in [0.05, 0.1) is 12.0 Å². The highest BCUT2D eigenvalue weighted by molar-refractivity contribution is 5.71. The van der Waals surface area contributed by atoms with Gasteiger partial charge < -0.3 is 9.84 Å². The van der Waals surface area contributed by atoms with E-state index in [2.05, 4.69) is 0 Å². The lowest BCUT2D eigenvalue weighted by atomic mass is 9.90. The molecule has 2 atom stereocenters. The molecule has 0 radical (unpaired) electrons. The van der Waals surface area contributed by atoms with Crippen molar-refractivity contribution in [2.24, 2.45) is 5.92 Å². The molecule has 86 valence electrons. The summed E-state index contributed by atoms with van der Waals surface area (Å²) in [6, 6.07) is 5.99. The van der Waals surface area contributed by atoms with E-state index < -0.39 is 11.9 Å². The Morgan fingerprint density at radius 2 is 2.00 bits per heavy atom. The summed E-state index contributed by atoms with van der Waals surface area (Å²) in [5.41, 5.74) is 3.27. The summed E-state index contributed by atoms with van der Waals surface area (Å²) in [4.78, 5) is 11.1. The van der Waals surface area contributed by atoms with Crippen molar-refractivity contribution in [1.29, 1.82) is 0 Å². The van der Waals surface area contributed by atoms with E-state index in [1.54, 1.807) is 0 Å². The number of rotatable bonds is 2. The fourth-order valence-corrected chi connectivity index (χ4v) is 2.40. The lowest BCUT2D eigenvalue weighted by Crippen LogP contribution is -2.19. The molecule has 1 N–H and O–H groups in total. The van der Waals surface area contributed by atoms with Gasteiger partial charge in [0.1, 0.15) is 0 Å². The zero-order valence-corrected chi connectivity index (χ0v) is 9.56. The SMILES string of the molecule is Cc1cccc(C)c1C1OCCC1C(=O)O. The summed E-state index contributed by atoms with van der Waals surface area (Å²) in [6.45, 7) is 4.54. The first-order chi connectivity index (χ1) is 7.61. The maximum Gasteiger partial charge on any atom is 0.309 e. The third-order valence-electron chi connectivity index (χ3n) is 3.24. The Balaban J connectivity index is 2.40. The average Bonchev–Trinajstić information content (AvgIpc) is 2.66. The van der Waals surface area contributed by atoms with Crippen LogP contribution >= 0.6 is 0 Å². The second-order valence-electron chi connectivity index (χ2n) is 4.33. The van der Waals surface area contributed by atoms with E-state index in [0.717, 1.165) is 16.7 Å². The monoisotopic (exact) mass is 220 g/mol. The molecule has 1 fully saturated rings. The largest absolute Gasteiger partial charge is 0.481 e. The van der Waals surface area contributed by atoms with Crippen molar-refractivity contribution in [1.82, 2.24) is 0 Å². The molecule has 1 heterocycles. The Kier molecular flexibility index (Phi) is 2.97. The second-order valence-corrected chi connectivity index (χ2v) is 4.33. The van der Waals surface area contributed by atoms with Crippen LogP contribution in [0.15, 0.2) is 18.2 Å².